The Labute approximate surface area is 138 Å². The van der Waals surface area contributed by atoms with E-state index in [0.717, 1.165) is 17.7 Å². The predicted octanol–water partition coefficient (Wildman–Crippen LogP) is 2.09. The maximum Gasteiger partial charge on any atom is 0.233 e. The standard InChI is InChI=1S/C17H17N5O2/c1-17(7-9-18-14(23)11-17)16-20-15(21-24-16)12-5-2-3-6-13(12)22-10-4-8-19-22/h2-6,8,10H,7,9,11H2,1H3,(H,18,23). The van der Waals surface area contributed by atoms with Gasteiger partial charge in [0.05, 0.1) is 11.1 Å². The van der Waals surface area contributed by atoms with Gasteiger partial charge in [0.1, 0.15) is 0 Å². The summed E-state index contributed by atoms with van der Waals surface area (Å²) in [6.07, 6.45) is 4.73. The molecule has 24 heavy (non-hydrogen) atoms. The van der Waals surface area contributed by atoms with Gasteiger partial charge in [-0.15, -0.1) is 0 Å². The lowest BCUT2D eigenvalue weighted by molar-refractivity contribution is -0.124. The first-order valence-electron chi connectivity index (χ1n) is 7.86. The Morgan fingerprint density at radius 1 is 1.29 bits per heavy atom. The van der Waals surface area contributed by atoms with Gasteiger partial charge in [0.2, 0.25) is 17.6 Å². The zero-order chi connectivity index (χ0) is 16.6. The molecule has 4 rings (SSSR count). The quantitative estimate of drug-likeness (QED) is 0.797. The fraction of sp³-hybridized carbons (Fsp3) is 0.294. The van der Waals surface area contributed by atoms with E-state index >= 15 is 0 Å². The highest BCUT2D eigenvalue weighted by atomic mass is 16.5. The van der Waals surface area contributed by atoms with Crippen LogP contribution in [0.4, 0.5) is 0 Å². The van der Waals surface area contributed by atoms with Crippen molar-refractivity contribution in [1.82, 2.24) is 25.2 Å². The van der Waals surface area contributed by atoms with Crippen molar-refractivity contribution >= 4 is 5.91 Å². The van der Waals surface area contributed by atoms with Gasteiger partial charge in [-0.25, -0.2) is 4.68 Å². The number of amides is 1. The van der Waals surface area contributed by atoms with Crippen LogP contribution in [-0.2, 0) is 10.2 Å². The second kappa shape index (κ2) is 5.59. The van der Waals surface area contributed by atoms with Crippen molar-refractivity contribution in [2.45, 2.75) is 25.2 Å². The van der Waals surface area contributed by atoms with Crippen LogP contribution in [0.2, 0.25) is 0 Å². The molecule has 3 heterocycles. The van der Waals surface area contributed by atoms with Crippen molar-refractivity contribution in [2.24, 2.45) is 0 Å². The minimum atomic E-state index is -0.422. The molecule has 1 unspecified atom stereocenters. The number of aromatic nitrogens is 4. The van der Waals surface area contributed by atoms with E-state index < -0.39 is 5.41 Å². The second-order valence-corrected chi connectivity index (χ2v) is 6.23. The number of carbonyl (C=O) groups excluding carboxylic acids is 1. The number of rotatable bonds is 3. The van der Waals surface area contributed by atoms with Gasteiger partial charge in [-0.2, -0.15) is 10.1 Å². The molecule has 7 nitrogen and oxygen atoms in total. The molecule has 1 fully saturated rings. The summed E-state index contributed by atoms with van der Waals surface area (Å²) in [7, 11) is 0. The van der Waals surface area contributed by atoms with Crippen LogP contribution in [0, 0.1) is 0 Å². The summed E-state index contributed by atoms with van der Waals surface area (Å²) in [6, 6.07) is 9.61. The largest absolute Gasteiger partial charge is 0.356 e. The molecule has 0 spiro atoms. The number of nitrogens with one attached hydrogen (secondary N) is 1. The highest BCUT2D eigenvalue weighted by Crippen LogP contribution is 2.34. The summed E-state index contributed by atoms with van der Waals surface area (Å²) < 4.78 is 7.28. The molecule has 1 aliphatic heterocycles. The molecule has 1 saturated heterocycles. The highest BCUT2D eigenvalue weighted by Gasteiger charge is 2.38. The molecule has 3 aromatic rings. The number of para-hydroxylation sites is 1. The lowest BCUT2D eigenvalue weighted by Gasteiger charge is -2.29. The molecule has 0 saturated carbocycles. The van der Waals surface area contributed by atoms with Crippen LogP contribution in [0.3, 0.4) is 0 Å². The molecule has 1 atom stereocenters. The minimum absolute atomic E-state index is 0.0143. The highest BCUT2D eigenvalue weighted by molar-refractivity contribution is 5.78. The SMILES string of the molecule is CC1(c2nc(-c3ccccc3-n3cccn3)no2)CCNC(=O)C1. The fourth-order valence-electron chi connectivity index (χ4n) is 3.02. The first kappa shape index (κ1) is 14.6. The third kappa shape index (κ3) is 2.47. The van der Waals surface area contributed by atoms with E-state index in [-0.39, 0.29) is 5.91 Å². The summed E-state index contributed by atoms with van der Waals surface area (Å²) in [4.78, 5) is 16.3. The van der Waals surface area contributed by atoms with Gasteiger partial charge in [-0.3, -0.25) is 4.79 Å². The van der Waals surface area contributed by atoms with E-state index in [2.05, 4.69) is 20.6 Å². The number of piperidine rings is 1. The van der Waals surface area contributed by atoms with E-state index in [1.165, 1.54) is 0 Å². The smallest absolute Gasteiger partial charge is 0.233 e. The van der Waals surface area contributed by atoms with Crippen LogP contribution in [0.25, 0.3) is 17.1 Å². The van der Waals surface area contributed by atoms with E-state index in [4.69, 9.17) is 4.52 Å². The lowest BCUT2D eigenvalue weighted by Crippen LogP contribution is -2.41. The van der Waals surface area contributed by atoms with Crippen molar-refractivity contribution in [3.05, 3.63) is 48.6 Å². The number of hydrogen-bond donors (Lipinski definition) is 1. The van der Waals surface area contributed by atoms with Gasteiger partial charge in [0, 0.05) is 30.9 Å². The Bertz CT molecular complexity index is 871. The molecule has 1 aromatic carbocycles. The Hall–Kier alpha value is -2.96. The summed E-state index contributed by atoms with van der Waals surface area (Å²) >= 11 is 0. The Morgan fingerprint density at radius 3 is 2.96 bits per heavy atom. The third-order valence-corrected chi connectivity index (χ3v) is 4.39. The maximum atomic E-state index is 11.7. The van der Waals surface area contributed by atoms with Crippen molar-refractivity contribution in [1.29, 1.82) is 0 Å². The van der Waals surface area contributed by atoms with Crippen molar-refractivity contribution in [2.75, 3.05) is 6.54 Å². The topological polar surface area (TPSA) is 85.8 Å². The van der Waals surface area contributed by atoms with Crippen LogP contribution >= 0.6 is 0 Å². The van der Waals surface area contributed by atoms with Crippen LogP contribution in [0.15, 0.2) is 47.2 Å². The third-order valence-electron chi connectivity index (χ3n) is 4.39. The summed E-state index contributed by atoms with van der Waals surface area (Å²) in [6.45, 7) is 2.61. The molecule has 7 heteroatoms. The van der Waals surface area contributed by atoms with Gasteiger partial charge >= 0.3 is 0 Å². The maximum absolute atomic E-state index is 11.7. The second-order valence-electron chi connectivity index (χ2n) is 6.23. The Morgan fingerprint density at radius 2 is 2.17 bits per heavy atom. The number of hydrogen-bond acceptors (Lipinski definition) is 5. The van der Waals surface area contributed by atoms with Crippen LogP contribution in [0.1, 0.15) is 25.7 Å². The number of nitrogens with zero attached hydrogens (tertiary/aromatic N) is 4. The predicted molar refractivity (Wildman–Crippen MR) is 86.5 cm³/mol. The minimum Gasteiger partial charge on any atom is -0.356 e. The van der Waals surface area contributed by atoms with Gasteiger partial charge in [-0.05, 0) is 24.6 Å². The Balaban J connectivity index is 1.73. The molecule has 1 aliphatic rings. The van der Waals surface area contributed by atoms with E-state index in [1.54, 1.807) is 10.9 Å². The van der Waals surface area contributed by atoms with Gasteiger partial charge < -0.3 is 9.84 Å². The number of benzene rings is 1. The summed E-state index contributed by atoms with van der Waals surface area (Å²) in [5.41, 5.74) is 1.29. The van der Waals surface area contributed by atoms with Crippen molar-refractivity contribution in [3.63, 3.8) is 0 Å². The van der Waals surface area contributed by atoms with Gasteiger partial charge in [0.25, 0.3) is 0 Å². The average molecular weight is 323 g/mol. The van der Waals surface area contributed by atoms with Gasteiger partial charge in [-0.1, -0.05) is 24.2 Å². The van der Waals surface area contributed by atoms with E-state index in [1.807, 2.05) is 43.5 Å². The first-order valence-corrected chi connectivity index (χ1v) is 7.86. The Kier molecular flexibility index (Phi) is 3.41. The summed E-state index contributed by atoms with van der Waals surface area (Å²) in [5.74, 6) is 1.02. The van der Waals surface area contributed by atoms with Crippen molar-refractivity contribution < 1.29 is 9.32 Å². The van der Waals surface area contributed by atoms with Gasteiger partial charge in [0.15, 0.2) is 0 Å². The molecular formula is C17H17N5O2. The van der Waals surface area contributed by atoms with Crippen LogP contribution in [0.5, 0.6) is 0 Å². The fourth-order valence-corrected chi connectivity index (χ4v) is 3.02. The van der Waals surface area contributed by atoms with E-state index in [0.29, 0.717) is 24.7 Å². The zero-order valence-corrected chi connectivity index (χ0v) is 13.3. The van der Waals surface area contributed by atoms with Crippen LogP contribution < -0.4 is 5.32 Å². The zero-order valence-electron chi connectivity index (χ0n) is 13.3. The normalized spacial score (nSPS) is 20.8. The molecule has 2 aromatic heterocycles. The molecule has 122 valence electrons. The molecule has 1 N–H and O–H groups in total. The van der Waals surface area contributed by atoms with E-state index in [9.17, 15) is 4.79 Å². The van der Waals surface area contributed by atoms with Crippen LogP contribution in [-0.4, -0.2) is 32.4 Å². The monoisotopic (exact) mass is 323 g/mol. The molecule has 1 amide bonds. The number of carbonyl (C=O) groups is 1. The molecular weight excluding hydrogens is 306 g/mol. The summed E-state index contributed by atoms with van der Waals surface area (Å²) in [5, 5.41) is 11.2. The molecule has 0 radical (unpaired) electrons. The van der Waals surface area contributed by atoms with Crippen molar-refractivity contribution in [3.8, 4) is 17.1 Å². The lowest BCUT2D eigenvalue weighted by atomic mass is 9.80. The molecule has 0 aliphatic carbocycles. The average Bonchev–Trinajstić information content (AvgIpc) is 3.27. The first-order chi connectivity index (χ1) is 11.7. The molecule has 0 bridgehead atoms.